The van der Waals surface area contributed by atoms with Crippen molar-refractivity contribution in [1.29, 1.82) is 0 Å². The van der Waals surface area contributed by atoms with E-state index in [1.54, 1.807) is 0 Å². The minimum atomic E-state index is 0.603. The summed E-state index contributed by atoms with van der Waals surface area (Å²) in [6, 6.07) is 0. The first kappa shape index (κ1) is 12.4. The fourth-order valence-corrected chi connectivity index (χ4v) is 11.9. The van der Waals surface area contributed by atoms with Crippen LogP contribution >= 0.6 is 47.0 Å². The van der Waals surface area contributed by atoms with Gasteiger partial charge >= 0.3 is 0 Å². The van der Waals surface area contributed by atoms with E-state index in [9.17, 15) is 0 Å². The predicted molar refractivity (Wildman–Crippen MR) is 82.7 cm³/mol. The molecule has 4 aliphatic rings. The third kappa shape index (κ3) is 2.06. The topological polar surface area (TPSA) is 0 Å². The molecule has 5 atom stereocenters. The lowest BCUT2D eigenvalue weighted by Gasteiger charge is -2.36. The average Bonchev–Trinajstić information content (AvgIpc) is 2.47. The lowest BCUT2D eigenvalue weighted by Crippen LogP contribution is -2.35. The lowest BCUT2D eigenvalue weighted by molar-refractivity contribution is 0.523. The minimum Gasteiger partial charge on any atom is -0.144 e. The maximum atomic E-state index is 2.37. The average molecular weight is 293 g/mol. The normalized spacial score (nSPS) is 51.4. The van der Waals surface area contributed by atoms with E-state index in [1.807, 2.05) is 0 Å². The molecule has 3 heterocycles. The van der Waals surface area contributed by atoms with E-state index in [0.717, 1.165) is 19.7 Å². The van der Waals surface area contributed by atoms with Crippen molar-refractivity contribution in [3.63, 3.8) is 0 Å². The van der Waals surface area contributed by atoms with Crippen LogP contribution in [-0.4, -0.2) is 23.7 Å². The van der Waals surface area contributed by atoms with Crippen molar-refractivity contribution in [2.45, 2.75) is 69.7 Å². The molecule has 4 rings (SSSR count). The Morgan fingerprint density at radius 1 is 1.06 bits per heavy atom. The van der Waals surface area contributed by atoms with Crippen molar-refractivity contribution < 1.29 is 0 Å². The molecule has 0 aromatic carbocycles. The molecule has 1 saturated carbocycles. The predicted octanol–water partition coefficient (Wildman–Crippen LogP) is 5.04. The standard InChI is InChI=1S/C12H20S4/c1-3-10-13-8-5-6-12(15-10)9(7-8)14-11(4-2)16-12/h8-11H,3-7H2,1-2H3. The third-order valence-electron chi connectivity index (χ3n) is 3.77. The molecule has 4 heteroatoms. The second-order valence-corrected chi connectivity index (χ2v) is 11.7. The van der Waals surface area contributed by atoms with Crippen LogP contribution in [-0.2, 0) is 0 Å². The fourth-order valence-electron chi connectivity index (χ4n) is 2.90. The molecule has 5 unspecified atom stereocenters. The summed E-state index contributed by atoms with van der Waals surface area (Å²) >= 11 is 9.25. The Kier molecular flexibility index (Phi) is 3.75. The monoisotopic (exact) mass is 292 g/mol. The molecule has 1 spiro atoms. The highest BCUT2D eigenvalue weighted by Gasteiger charge is 2.55. The summed E-state index contributed by atoms with van der Waals surface area (Å²) in [6.45, 7) is 4.72. The summed E-state index contributed by atoms with van der Waals surface area (Å²) in [5.41, 5.74) is 0. The Morgan fingerprint density at radius 3 is 2.44 bits per heavy atom. The van der Waals surface area contributed by atoms with E-state index in [0.29, 0.717) is 4.08 Å². The van der Waals surface area contributed by atoms with Gasteiger partial charge in [-0.15, -0.1) is 47.0 Å². The molecule has 1 aliphatic carbocycles. The molecule has 3 aliphatic heterocycles. The van der Waals surface area contributed by atoms with Gasteiger partial charge in [0.25, 0.3) is 0 Å². The smallest absolute Gasteiger partial charge is 0.0752 e. The SMILES string of the molecule is CCC1SC2CCC3(S1)SC(CC)SC3C2. The van der Waals surface area contributed by atoms with Crippen molar-refractivity contribution >= 4 is 47.0 Å². The van der Waals surface area contributed by atoms with E-state index in [-0.39, 0.29) is 0 Å². The van der Waals surface area contributed by atoms with E-state index >= 15 is 0 Å². The van der Waals surface area contributed by atoms with Crippen LogP contribution in [0.2, 0.25) is 0 Å². The zero-order chi connectivity index (χ0) is 11.2. The van der Waals surface area contributed by atoms with Crippen molar-refractivity contribution in [1.82, 2.24) is 0 Å². The third-order valence-corrected chi connectivity index (χ3v) is 11.9. The number of hydrogen-bond acceptors (Lipinski definition) is 4. The maximum absolute atomic E-state index is 2.37. The Balaban J connectivity index is 1.84. The van der Waals surface area contributed by atoms with Gasteiger partial charge < -0.3 is 0 Å². The second-order valence-electron chi connectivity index (χ2n) is 4.88. The lowest BCUT2D eigenvalue weighted by atomic mass is 9.98. The van der Waals surface area contributed by atoms with Crippen LogP contribution in [0, 0.1) is 0 Å². The van der Waals surface area contributed by atoms with Crippen molar-refractivity contribution in [3.8, 4) is 0 Å². The van der Waals surface area contributed by atoms with E-state index in [4.69, 9.17) is 0 Å². The van der Waals surface area contributed by atoms with Crippen molar-refractivity contribution in [2.75, 3.05) is 0 Å². The highest BCUT2D eigenvalue weighted by atomic mass is 32.3. The molecule has 16 heavy (non-hydrogen) atoms. The first-order valence-corrected chi connectivity index (χ1v) is 10.1. The Hall–Kier alpha value is 1.40. The van der Waals surface area contributed by atoms with Gasteiger partial charge in [-0.25, -0.2) is 0 Å². The largest absolute Gasteiger partial charge is 0.144 e. The van der Waals surface area contributed by atoms with Crippen molar-refractivity contribution in [3.05, 3.63) is 0 Å². The number of fused-ring (bicyclic) bond motifs is 3. The molecule has 3 saturated heterocycles. The highest BCUT2D eigenvalue weighted by molar-refractivity contribution is 8.32. The van der Waals surface area contributed by atoms with Gasteiger partial charge in [-0.1, -0.05) is 13.8 Å². The number of hydrogen-bond donors (Lipinski definition) is 0. The molecule has 0 radical (unpaired) electrons. The summed E-state index contributed by atoms with van der Waals surface area (Å²) in [5, 5.41) is 1.93. The van der Waals surface area contributed by atoms with E-state index in [1.165, 1.54) is 32.1 Å². The van der Waals surface area contributed by atoms with Crippen LogP contribution in [0.3, 0.4) is 0 Å². The fraction of sp³-hybridized carbons (Fsp3) is 1.00. The zero-order valence-corrected chi connectivity index (χ0v) is 13.2. The van der Waals surface area contributed by atoms with Crippen molar-refractivity contribution in [2.24, 2.45) is 0 Å². The molecule has 0 aromatic rings. The Bertz CT molecular complexity index is 270. The van der Waals surface area contributed by atoms with Gasteiger partial charge in [0.05, 0.1) is 13.2 Å². The Labute approximate surface area is 116 Å². The molecule has 2 bridgehead atoms. The molecule has 0 N–H and O–H groups in total. The van der Waals surface area contributed by atoms with Crippen LogP contribution in [0.4, 0.5) is 0 Å². The molecule has 0 nitrogen and oxygen atoms in total. The molecule has 0 aromatic heterocycles. The summed E-state index contributed by atoms with van der Waals surface area (Å²) in [7, 11) is 0. The van der Waals surface area contributed by atoms with E-state index < -0.39 is 0 Å². The zero-order valence-electron chi connectivity index (χ0n) is 9.98. The quantitative estimate of drug-likeness (QED) is 0.699. The van der Waals surface area contributed by atoms with Crippen LogP contribution in [0.5, 0.6) is 0 Å². The summed E-state index contributed by atoms with van der Waals surface area (Å²) < 4.78 is 2.37. The van der Waals surface area contributed by atoms with Crippen LogP contribution < -0.4 is 0 Å². The minimum absolute atomic E-state index is 0.603. The second kappa shape index (κ2) is 4.82. The van der Waals surface area contributed by atoms with E-state index in [2.05, 4.69) is 60.9 Å². The van der Waals surface area contributed by atoms with Crippen LogP contribution in [0.1, 0.15) is 46.0 Å². The van der Waals surface area contributed by atoms with Gasteiger partial charge in [-0.2, -0.15) is 0 Å². The van der Waals surface area contributed by atoms with Gasteiger partial charge in [-0.3, -0.25) is 0 Å². The van der Waals surface area contributed by atoms with Gasteiger partial charge in [0, 0.05) is 10.5 Å². The Morgan fingerprint density at radius 2 is 1.75 bits per heavy atom. The number of rotatable bonds is 2. The first-order valence-electron chi connectivity index (χ1n) is 6.42. The molecule has 4 fully saturated rings. The highest BCUT2D eigenvalue weighted by Crippen LogP contribution is 2.68. The van der Waals surface area contributed by atoms with Crippen LogP contribution in [0.15, 0.2) is 0 Å². The van der Waals surface area contributed by atoms with Gasteiger partial charge in [-0.05, 0) is 32.1 Å². The maximum Gasteiger partial charge on any atom is 0.0752 e. The van der Waals surface area contributed by atoms with Gasteiger partial charge in [0.15, 0.2) is 0 Å². The number of thioether (sulfide) groups is 4. The first-order chi connectivity index (χ1) is 7.75. The van der Waals surface area contributed by atoms with Crippen LogP contribution in [0.25, 0.3) is 0 Å². The summed E-state index contributed by atoms with van der Waals surface area (Å²) in [4.78, 5) is 0. The molecule has 92 valence electrons. The van der Waals surface area contributed by atoms with Gasteiger partial charge in [0.2, 0.25) is 0 Å². The molecule has 0 amide bonds. The summed E-state index contributed by atoms with van der Waals surface area (Å²) in [5.74, 6) is 0. The van der Waals surface area contributed by atoms with Gasteiger partial charge in [0.1, 0.15) is 0 Å². The molecular formula is C12H20S4. The summed E-state index contributed by atoms with van der Waals surface area (Å²) in [6.07, 6.45) is 7.15. The molecular weight excluding hydrogens is 272 g/mol.